The molecule has 0 saturated carbocycles. The van der Waals surface area contributed by atoms with Gasteiger partial charge in [0, 0.05) is 31.8 Å². The predicted octanol–water partition coefficient (Wildman–Crippen LogP) is 0.760. The zero-order chi connectivity index (χ0) is 14.6. The van der Waals surface area contributed by atoms with Crippen molar-refractivity contribution in [2.24, 2.45) is 0 Å². The zero-order valence-corrected chi connectivity index (χ0v) is 10.3. The molecule has 1 N–H and O–H groups in total. The lowest BCUT2D eigenvalue weighted by molar-refractivity contribution is -0.385. The van der Waals surface area contributed by atoms with E-state index in [9.17, 15) is 19.7 Å². The molecule has 1 amide bonds. The Balaban J connectivity index is 3.14. The third-order valence-electron chi connectivity index (χ3n) is 2.16. The van der Waals surface area contributed by atoms with Crippen LogP contribution in [-0.2, 0) is 4.79 Å². The van der Waals surface area contributed by atoms with Gasteiger partial charge in [0.2, 0.25) is 0 Å². The highest BCUT2D eigenvalue weighted by molar-refractivity contribution is 5.94. The minimum Gasteiger partial charge on any atom is -0.479 e. The smallest absolute Gasteiger partial charge is 0.341 e. The Labute approximate surface area is 108 Å². The van der Waals surface area contributed by atoms with Gasteiger partial charge in [-0.1, -0.05) is 0 Å². The summed E-state index contributed by atoms with van der Waals surface area (Å²) >= 11 is 0. The molecule has 0 aliphatic carbocycles. The predicted molar refractivity (Wildman–Crippen MR) is 64.2 cm³/mol. The highest BCUT2D eigenvalue weighted by Crippen LogP contribution is 2.28. The van der Waals surface area contributed by atoms with Crippen LogP contribution >= 0.6 is 0 Å². The van der Waals surface area contributed by atoms with Crippen molar-refractivity contribution in [3.63, 3.8) is 0 Å². The molecule has 0 aliphatic heterocycles. The van der Waals surface area contributed by atoms with Crippen molar-refractivity contribution in [2.75, 3.05) is 20.7 Å². The molecule has 102 valence electrons. The number of nitro benzene ring substituents is 1. The minimum absolute atomic E-state index is 0.177. The number of benzene rings is 1. The van der Waals surface area contributed by atoms with Gasteiger partial charge in [-0.2, -0.15) is 0 Å². The number of hydrogen-bond donors (Lipinski definition) is 1. The first-order chi connectivity index (χ1) is 8.82. The highest BCUT2D eigenvalue weighted by atomic mass is 16.6. The van der Waals surface area contributed by atoms with Crippen LogP contribution < -0.4 is 4.74 Å². The van der Waals surface area contributed by atoms with E-state index >= 15 is 0 Å². The Kier molecular flexibility index (Phi) is 4.41. The number of nitro groups is 1. The van der Waals surface area contributed by atoms with Gasteiger partial charge in [-0.3, -0.25) is 14.9 Å². The van der Waals surface area contributed by atoms with Gasteiger partial charge >= 0.3 is 11.7 Å². The number of carbonyl (C=O) groups is 2. The molecule has 0 unspecified atom stereocenters. The summed E-state index contributed by atoms with van der Waals surface area (Å²) in [5.41, 5.74) is -0.215. The van der Waals surface area contributed by atoms with Gasteiger partial charge in [-0.15, -0.1) is 0 Å². The number of ether oxygens (including phenoxy) is 1. The molecule has 0 spiro atoms. The van der Waals surface area contributed by atoms with Crippen molar-refractivity contribution in [3.8, 4) is 5.75 Å². The van der Waals surface area contributed by atoms with E-state index in [1.54, 1.807) is 0 Å². The lowest BCUT2D eigenvalue weighted by Gasteiger charge is -2.11. The summed E-state index contributed by atoms with van der Waals surface area (Å²) in [5.74, 6) is -1.88. The zero-order valence-electron chi connectivity index (χ0n) is 10.3. The van der Waals surface area contributed by atoms with E-state index in [1.807, 2.05) is 0 Å². The fourth-order valence-corrected chi connectivity index (χ4v) is 1.31. The van der Waals surface area contributed by atoms with Crippen LogP contribution in [-0.4, -0.2) is 47.5 Å². The molecule has 0 radical (unpaired) electrons. The van der Waals surface area contributed by atoms with Gasteiger partial charge in [0.25, 0.3) is 5.91 Å². The first-order valence-electron chi connectivity index (χ1n) is 5.17. The van der Waals surface area contributed by atoms with Crippen LogP contribution in [0.25, 0.3) is 0 Å². The third-order valence-corrected chi connectivity index (χ3v) is 2.16. The number of carboxylic acids is 1. The molecule has 0 atom stereocenters. The van der Waals surface area contributed by atoms with Crippen LogP contribution in [0.1, 0.15) is 10.4 Å². The Bertz CT molecular complexity index is 526. The maximum Gasteiger partial charge on any atom is 0.341 e. The summed E-state index contributed by atoms with van der Waals surface area (Å²) in [6, 6.07) is 3.55. The normalized spacial score (nSPS) is 9.79. The monoisotopic (exact) mass is 268 g/mol. The second kappa shape index (κ2) is 5.80. The van der Waals surface area contributed by atoms with Gasteiger partial charge in [-0.25, -0.2) is 4.79 Å². The van der Waals surface area contributed by atoms with Gasteiger partial charge in [0.15, 0.2) is 12.4 Å². The second-order valence-corrected chi connectivity index (χ2v) is 3.82. The highest BCUT2D eigenvalue weighted by Gasteiger charge is 2.19. The third kappa shape index (κ3) is 3.66. The largest absolute Gasteiger partial charge is 0.479 e. The summed E-state index contributed by atoms with van der Waals surface area (Å²) in [5, 5.41) is 19.3. The minimum atomic E-state index is -1.27. The molecule has 0 aromatic heterocycles. The van der Waals surface area contributed by atoms with Crippen molar-refractivity contribution in [2.45, 2.75) is 0 Å². The van der Waals surface area contributed by atoms with Crippen molar-refractivity contribution < 1.29 is 24.4 Å². The molecule has 8 heteroatoms. The quantitative estimate of drug-likeness (QED) is 0.623. The standard InChI is InChI=1S/C11H12N2O6/c1-12(2)11(16)7-3-4-8(13(17)18)9(5-7)19-6-10(14)15/h3-5H,6H2,1-2H3,(H,14,15). The molecule has 1 rings (SSSR count). The van der Waals surface area contributed by atoms with Gasteiger partial charge in [0.05, 0.1) is 4.92 Å². The van der Waals surface area contributed by atoms with Crippen LogP contribution in [0.5, 0.6) is 5.75 Å². The summed E-state index contributed by atoms with van der Waals surface area (Å²) in [6.45, 7) is -0.722. The average Bonchev–Trinajstić information content (AvgIpc) is 2.34. The van der Waals surface area contributed by atoms with Crippen LogP contribution in [0, 0.1) is 10.1 Å². The van der Waals surface area contributed by atoms with Crippen molar-refractivity contribution in [1.82, 2.24) is 4.90 Å². The number of carboxylic acid groups (broad SMARTS) is 1. The van der Waals surface area contributed by atoms with Crippen LogP contribution in [0.2, 0.25) is 0 Å². The van der Waals surface area contributed by atoms with Gasteiger partial charge in [-0.05, 0) is 6.07 Å². The topological polar surface area (TPSA) is 110 Å². The van der Waals surface area contributed by atoms with E-state index < -0.39 is 23.2 Å². The van der Waals surface area contributed by atoms with E-state index in [-0.39, 0.29) is 17.2 Å². The molecule has 0 saturated heterocycles. The molecule has 1 aromatic rings. The van der Waals surface area contributed by atoms with Crippen molar-refractivity contribution >= 4 is 17.6 Å². The van der Waals surface area contributed by atoms with Gasteiger partial charge in [0.1, 0.15) is 0 Å². The SMILES string of the molecule is CN(C)C(=O)c1ccc([N+](=O)[O-])c(OCC(=O)O)c1. The summed E-state index contributed by atoms with van der Waals surface area (Å²) < 4.78 is 4.82. The maximum absolute atomic E-state index is 11.7. The number of amides is 1. The molecule has 0 aliphatic rings. The van der Waals surface area contributed by atoms with E-state index in [2.05, 4.69) is 0 Å². The Morgan fingerprint density at radius 3 is 2.53 bits per heavy atom. The summed E-state index contributed by atoms with van der Waals surface area (Å²) in [4.78, 5) is 33.5. The van der Waals surface area contributed by atoms with Crippen LogP contribution in [0.4, 0.5) is 5.69 Å². The first-order valence-corrected chi connectivity index (χ1v) is 5.17. The molecule has 0 heterocycles. The van der Waals surface area contributed by atoms with Gasteiger partial charge < -0.3 is 14.7 Å². The maximum atomic E-state index is 11.7. The fraction of sp³-hybridized carbons (Fsp3) is 0.273. The average molecular weight is 268 g/mol. The number of hydrogen-bond acceptors (Lipinski definition) is 5. The summed E-state index contributed by atoms with van der Waals surface area (Å²) in [7, 11) is 3.06. The Hall–Kier alpha value is -2.64. The van der Waals surface area contributed by atoms with Crippen LogP contribution in [0.3, 0.4) is 0 Å². The number of nitrogens with zero attached hydrogens (tertiary/aromatic N) is 2. The Morgan fingerprint density at radius 2 is 2.05 bits per heavy atom. The molecular formula is C11H12N2O6. The molecule has 8 nitrogen and oxygen atoms in total. The van der Waals surface area contributed by atoms with Crippen molar-refractivity contribution in [3.05, 3.63) is 33.9 Å². The fourth-order valence-electron chi connectivity index (χ4n) is 1.31. The molecule has 0 fully saturated rings. The molecule has 0 bridgehead atoms. The number of carbonyl (C=O) groups excluding carboxylic acids is 1. The van der Waals surface area contributed by atoms with E-state index in [1.165, 1.54) is 25.1 Å². The van der Waals surface area contributed by atoms with E-state index in [4.69, 9.17) is 9.84 Å². The van der Waals surface area contributed by atoms with Crippen LogP contribution in [0.15, 0.2) is 18.2 Å². The van der Waals surface area contributed by atoms with E-state index in [0.717, 1.165) is 12.1 Å². The first kappa shape index (κ1) is 14.4. The molecule has 1 aromatic carbocycles. The molecule has 19 heavy (non-hydrogen) atoms. The lowest BCUT2D eigenvalue weighted by atomic mass is 10.1. The number of aliphatic carboxylic acids is 1. The summed E-state index contributed by atoms with van der Waals surface area (Å²) in [6.07, 6.45) is 0. The van der Waals surface area contributed by atoms with E-state index in [0.29, 0.717) is 0 Å². The number of rotatable bonds is 5. The Morgan fingerprint density at radius 1 is 1.42 bits per heavy atom. The lowest BCUT2D eigenvalue weighted by Crippen LogP contribution is -2.21. The van der Waals surface area contributed by atoms with Crippen molar-refractivity contribution in [1.29, 1.82) is 0 Å². The second-order valence-electron chi connectivity index (χ2n) is 3.82. The molecular weight excluding hydrogens is 256 g/mol.